The Morgan fingerprint density at radius 2 is 2.00 bits per heavy atom. The van der Waals surface area contributed by atoms with Crippen LogP contribution in [0.3, 0.4) is 0 Å². The Bertz CT molecular complexity index is 818. The summed E-state index contributed by atoms with van der Waals surface area (Å²) in [5, 5.41) is 3.32. The van der Waals surface area contributed by atoms with E-state index in [4.69, 9.17) is 16.3 Å². The largest absolute Gasteiger partial charge is 0.445 e. The van der Waals surface area contributed by atoms with E-state index in [9.17, 15) is 4.79 Å². The van der Waals surface area contributed by atoms with Gasteiger partial charge in [-0.1, -0.05) is 54.1 Å². The Labute approximate surface area is 144 Å². The molecule has 1 aromatic heterocycles. The molecule has 3 aromatic rings. The number of ether oxygens (including phenoxy) is 1. The van der Waals surface area contributed by atoms with E-state index >= 15 is 0 Å². The molecular weight excluding hydrogens is 326 g/mol. The van der Waals surface area contributed by atoms with Crippen LogP contribution in [0.25, 0.3) is 11.3 Å². The van der Waals surface area contributed by atoms with Crippen LogP contribution in [0, 0.1) is 0 Å². The topological polar surface area (TPSA) is 67.0 Å². The van der Waals surface area contributed by atoms with E-state index in [-0.39, 0.29) is 13.2 Å². The summed E-state index contributed by atoms with van der Waals surface area (Å²) in [4.78, 5) is 19.2. The van der Waals surface area contributed by atoms with Crippen LogP contribution in [0.5, 0.6) is 0 Å². The minimum Gasteiger partial charge on any atom is -0.445 e. The first kappa shape index (κ1) is 16.1. The Morgan fingerprint density at radius 1 is 1.17 bits per heavy atom. The van der Waals surface area contributed by atoms with E-state index < -0.39 is 6.09 Å². The van der Waals surface area contributed by atoms with Gasteiger partial charge < -0.3 is 15.0 Å². The number of hydrogen-bond acceptors (Lipinski definition) is 3. The maximum absolute atomic E-state index is 11.7. The minimum atomic E-state index is -0.487. The van der Waals surface area contributed by atoms with Gasteiger partial charge in [0.15, 0.2) is 0 Å². The summed E-state index contributed by atoms with van der Waals surface area (Å²) in [6.07, 6.45) is 1.29. The smallest absolute Gasteiger partial charge is 0.407 e. The van der Waals surface area contributed by atoms with Gasteiger partial charge >= 0.3 is 6.09 Å². The number of hydrogen-bond donors (Lipinski definition) is 2. The molecule has 24 heavy (non-hydrogen) atoms. The van der Waals surface area contributed by atoms with E-state index in [2.05, 4.69) is 15.3 Å². The van der Waals surface area contributed by atoms with Crippen LogP contribution in [0.15, 0.2) is 60.8 Å². The molecule has 1 heterocycles. The molecule has 3 rings (SSSR count). The molecule has 0 aliphatic carbocycles. The molecule has 0 radical (unpaired) electrons. The number of H-pyrrole nitrogens is 1. The third-order valence-electron chi connectivity index (χ3n) is 3.36. The fraction of sp³-hybridized carbons (Fsp3) is 0.111. The van der Waals surface area contributed by atoms with Crippen LogP contribution >= 0.6 is 11.6 Å². The number of amides is 1. The molecule has 0 unspecified atom stereocenters. The molecular formula is C18H16ClN3O2. The molecule has 2 aromatic carbocycles. The molecule has 0 saturated carbocycles. The first-order valence-electron chi connectivity index (χ1n) is 7.45. The highest BCUT2D eigenvalue weighted by molar-refractivity contribution is 6.30. The van der Waals surface area contributed by atoms with Gasteiger partial charge in [0, 0.05) is 16.8 Å². The zero-order chi connectivity index (χ0) is 16.8. The predicted octanol–water partition coefficient (Wildman–Crippen LogP) is 4.16. The fourth-order valence-electron chi connectivity index (χ4n) is 2.18. The van der Waals surface area contributed by atoms with Crippen LogP contribution in [0.4, 0.5) is 4.79 Å². The van der Waals surface area contributed by atoms with Crippen LogP contribution in [0.1, 0.15) is 11.4 Å². The van der Waals surface area contributed by atoms with Gasteiger partial charge in [-0.05, 0) is 17.7 Å². The first-order chi connectivity index (χ1) is 11.7. The molecule has 0 aliphatic rings. The Hall–Kier alpha value is -2.79. The minimum absolute atomic E-state index is 0.235. The number of nitrogens with zero attached hydrogens (tertiary/aromatic N) is 1. The molecule has 0 atom stereocenters. The van der Waals surface area contributed by atoms with E-state index in [1.807, 2.05) is 54.6 Å². The maximum atomic E-state index is 11.7. The summed E-state index contributed by atoms with van der Waals surface area (Å²) in [6.45, 7) is 0.493. The van der Waals surface area contributed by atoms with Crippen molar-refractivity contribution in [3.8, 4) is 11.3 Å². The maximum Gasteiger partial charge on any atom is 0.407 e. The van der Waals surface area contributed by atoms with Gasteiger partial charge in [-0.3, -0.25) is 0 Å². The third kappa shape index (κ3) is 4.36. The second-order valence-corrected chi connectivity index (χ2v) is 5.59. The lowest BCUT2D eigenvalue weighted by Gasteiger charge is -2.05. The van der Waals surface area contributed by atoms with Crippen molar-refractivity contribution in [2.24, 2.45) is 0 Å². The number of halogens is 1. The van der Waals surface area contributed by atoms with Gasteiger partial charge in [0.05, 0.1) is 12.2 Å². The van der Waals surface area contributed by atoms with Crippen LogP contribution in [0.2, 0.25) is 5.02 Å². The SMILES string of the molecule is O=C(NCc1nc(-c2cccc(Cl)c2)c[nH]1)OCc1ccccc1. The normalized spacial score (nSPS) is 10.4. The van der Waals surface area contributed by atoms with Crippen molar-refractivity contribution < 1.29 is 9.53 Å². The quantitative estimate of drug-likeness (QED) is 0.732. The van der Waals surface area contributed by atoms with Gasteiger partial charge in [0.2, 0.25) is 0 Å². The summed E-state index contributed by atoms with van der Waals surface area (Å²) in [5.41, 5.74) is 2.62. The molecule has 122 valence electrons. The predicted molar refractivity (Wildman–Crippen MR) is 92.5 cm³/mol. The molecule has 0 aliphatic heterocycles. The summed E-state index contributed by atoms with van der Waals surface area (Å²) in [6, 6.07) is 16.9. The molecule has 2 N–H and O–H groups in total. The summed E-state index contributed by atoms with van der Waals surface area (Å²) in [5.74, 6) is 0.640. The zero-order valence-electron chi connectivity index (χ0n) is 12.8. The molecule has 1 amide bonds. The van der Waals surface area contributed by atoms with Crippen molar-refractivity contribution >= 4 is 17.7 Å². The van der Waals surface area contributed by atoms with Crippen LogP contribution in [-0.4, -0.2) is 16.1 Å². The summed E-state index contributed by atoms with van der Waals surface area (Å²) < 4.78 is 5.15. The van der Waals surface area contributed by atoms with E-state index in [1.165, 1.54) is 0 Å². The van der Waals surface area contributed by atoms with Gasteiger partial charge in [-0.25, -0.2) is 9.78 Å². The Kier molecular flexibility index (Phi) is 5.13. The lowest BCUT2D eigenvalue weighted by molar-refractivity contribution is 0.139. The van der Waals surface area contributed by atoms with Crippen LogP contribution < -0.4 is 5.32 Å². The third-order valence-corrected chi connectivity index (χ3v) is 3.60. The highest BCUT2D eigenvalue weighted by Gasteiger charge is 2.07. The second-order valence-electron chi connectivity index (χ2n) is 5.16. The van der Waals surface area contributed by atoms with Crippen molar-refractivity contribution in [3.63, 3.8) is 0 Å². The summed E-state index contributed by atoms with van der Waals surface area (Å²) in [7, 11) is 0. The number of aromatic nitrogens is 2. The van der Waals surface area contributed by atoms with Crippen molar-refractivity contribution in [2.75, 3.05) is 0 Å². The lowest BCUT2D eigenvalue weighted by Crippen LogP contribution is -2.24. The average molecular weight is 342 g/mol. The number of alkyl carbamates (subject to hydrolysis) is 1. The van der Waals surface area contributed by atoms with E-state index in [0.717, 1.165) is 16.8 Å². The molecule has 0 bridgehead atoms. The lowest BCUT2D eigenvalue weighted by atomic mass is 10.2. The van der Waals surface area contributed by atoms with E-state index in [1.54, 1.807) is 6.20 Å². The van der Waals surface area contributed by atoms with E-state index in [0.29, 0.717) is 10.8 Å². The monoisotopic (exact) mass is 341 g/mol. The second kappa shape index (κ2) is 7.66. The number of imidazole rings is 1. The summed E-state index contributed by atoms with van der Waals surface area (Å²) >= 11 is 5.98. The Balaban J connectivity index is 1.51. The fourth-order valence-corrected chi connectivity index (χ4v) is 2.37. The average Bonchev–Trinajstić information content (AvgIpc) is 3.08. The van der Waals surface area contributed by atoms with Gasteiger partial charge in [-0.15, -0.1) is 0 Å². The number of aromatic amines is 1. The first-order valence-corrected chi connectivity index (χ1v) is 7.83. The zero-order valence-corrected chi connectivity index (χ0v) is 13.6. The number of rotatable bonds is 5. The van der Waals surface area contributed by atoms with Crippen molar-refractivity contribution in [2.45, 2.75) is 13.2 Å². The van der Waals surface area contributed by atoms with Crippen LogP contribution in [-0.2, 0) is 17.9 Å². The standard InChI is InChI=1S/C18H16ClN3O2/c19-15-8-4-7-14(9-15)16-10-20-17(22-16)11-21-18(23)24-12-13-5-2-1-3-6-13/h1-10H,11-12H2,(H,20,22)(H,21,23). The van der Waals surface area contributed by atoms with Gasteiger partial charge in [-0.2, -0.15) is 0 Å². The molecule has 0 saturated heterocycles. The molecule has 5 nitrogen and oxygen atoms in total. The highest BCUT2D eigenvalue weighted by Crippen LogP contribution is 2.20. The van der Waals surface area contributed by atoms with Gasteiger partial charge in [0.25, 0.3) is 0 Å². The number of benzene rings is 2. The Morgan fingerprint density at radius 3 is 2.79 bits per heavy atom. The highest BCUT2D eigenvalue weighted by atomic mass is 35.5. The molecule has 0 fully saturated rings. The van der Waals surface area contributed by atoms with Crippen molar-refractivity contribution in [1.82, 2.24) is 15.3 Å². The van der Waals surface area contributed by atoms with Gasteiger partial charge in [0.1, 0.15) is 12.4 Å². The van der Waals surface area contributed by atoms with Crippen molar-refractivity contribution in [1.29, 1.82) is 0 Å². The number of nitrogens with one attached hydrogen (secondary N) is 2. The number of carbonyl (C=O) groups is 1. The molecule has 0 spiro atoms. The molecule has 6 heteroatoms. The number of carbonyl (C=O) groups excluding carboxylic acids is 1. The van der Waals surface area contributed by atoms with Crippen molar-refractivity contribution in [3.05, 3.63) is 77.2 Å².